The molecule has 0 bridgehead atoms. The van der Waals surface area contributed by atoms with Crippen LogP contribution in [0.1, 0.15) is 35.7 Å². The molecule has 0 radical (unpaired) electrons. The molecule has 0 aromatic heterocycles. The number of sulfonamides is 1. The standard InChI is InChI=1S/C15H22N2O4S/c1-10-12(15(18)21-3)6-4-8-14(10)22(19,20)17-13-7-5-9-16-11(13)2/h4,6,8,11,13,16-17H,5,7,9H2,1-3H3. The Morgan fingerprint density at radius 3 is 2.77 bits per heavy atom. The second-order valence-electron chi connectivity index (χ2n) is 5.53. The van der Waals surface area contributed by atoms with Gasteiger partial charge in [0, 0.05) is 12.1 Å². The van der Waals surface area contributed by atoms with Crippen LogP contribution >= 0.6 is 0 Å². The molecule has 2 unspecified atom stereocenters. The maximum atomic E-state index is 12.6. The normalized spacial score (nSPS) is 22.3. The summed E-state index contributed by atoms with van der Waals surface area (Å²) in [5.74, 6) is -0.540. The van der Waals surface area contributed by atoms with Crippen LogP contribution < -0.4 is 10.0 Å². The molecular formula is C15H22N2O4S. The highest BCUT2D eigenvalue weighted by Gasteiger charge is 2.28. The molecule has 6 nitrogen and oxygen atoms in total. The Hall–Kier alpha value is -1.44. The molecule has 1 fully saturated rings. The van der Waals surface area contributed by atoms with Gasteiger partial charge in [0.2, 0.25) is 10.0 Å². The van der Waals surface area contributed by atoms with Gasteiger partial charge in [-0.25, -0.2) is 17.9 Å². The van der Waals surface area contributed by atoms with Gasteiger partial charge in [0.15, 0.2) is 0 Å². The molecule has 2 N–H and O–H groups in total. The van der Waals surface area contributed by atoms with Crippen LogP contribution in [0.2, 0.25) is 0 Å². The lowest BCUT2D eigenvalue weighted by molar-refractivity contribution is 0.0599. The third-order valence-corrected chi connectivity index (χ3v) is 5.68. The fourth-order valence-electron chi connectivity index (χ4n) is 2.70. The van der Waals surface area contributed by atoms with Crippen molar-refractivity contribution in [3.8, 4) is 0 Å². The van der Waals surface area contributed by atoms with Crippen molar-refractivity contribution in [2.75, 3.05) is 13.7 Å². The summed E-state index contributed by atoms with van der Waals surface area (Å²) in [5.41, 5.74) is 0.665. The lowest BCUT2D eigenvalue weighted by Gasteiger charge is -2.30. The van der Waals surface area contributed by atoms with Crippen molar-refractivity contribution >= 4 is 16.0 Å². The first kappa shape index (κ1) is 16.9. The van der Waals surface area contributed by atoms with E-state index in [1.807, 2.05) is 6.92 Å². The molecule has 22 heavy (non-hydrogen) atoms. The molecule has 7 heteroatoms. The monoisotopic (exact) mass is 326 g/mol. The van der Waals surface area contributed by atoms with Gasteiger partial charge in [0.25, 0.3) is 0 Å². The van der Waals surface area contributed by atoms with E-state index in [2.05, 4.69) is 14.8 Å². The van der Waals surface area contributed by atoms with E-state index in [4.69, 9.17) is 0 Å². The molecule has 1 heterocycles. The first-order chi connectivity index (χ1) is 10.4. The second kappa shape index (κ2) is 6.76. The molecule has 0 saturated carbocycles. The fourth-order valence-corrected chi connectivity index (χ4v) is 4.32. The highest BCUT2D eigenvalue weighted by molar-refractivity contribution is 7.89. The smallest absolute Gasteiger partial charge is 0.338 e. The summed E-state index contributed by atoms with van der Waals surface area (Å²) in [6.07, 6.45) is 1.72. The van der Waals surface area contributed by atoms with Crippen LogP contribution in [0.25, 0.3) is 0 Å². The van der Waals surface area contributed by atoms with Crippen molar-refractivity contribution in [3.05, 3.63) is 29.3 Å². The summed E-state index contributed by atoms with van der Waals surface area (Å²) in [7, 11) is -2.41. The minimum Gasteiger partial charge on any atom is -0.465 e. The number of methoxy groups -OCH3 is 1. The summed E-state index contributed by atoms with van der Waals surface area (Å²) in [6.45, 7) is 4.48. The van der Waals surface area contributed by atoms with E-state index in [1.54, 1.807) is 19.1 Å². The van der Waals surface area contributed by atoms with Crippen molar-refractivity contribution in [3.63, 3.8) is 0 Å². The number of ether oxygens (including phenoxy) is 1. The number of hydrogen-bond donors (Lipinski definition) is 2. The lowest BCUT2D eigenvalue weighted by atomic mass is 10.0. The van der Waals surface area contributed by atoms with E-state index in [1.165, 1.54) is 13.2 Å². The number of benzene rings is 1. The Morgan fingerprint density at radius 2 is 2.14 bits per heavy atom. The molecule has 1 aromatic rings. The third kappa shape index (κ3) is 3.48. The highest BCUT2D eigenvalue weighted by atomic mass is 32.2. The molecule has 2 atom stereocenters. The van der Waals surface area contributed by atoms with E-state index in [0.29, 0.717) is 5.56 Å². The Morgan fingerprint density at radius 1 is 1.41 bits per heavy atom. The largest absolute Gasteiger partial charge is 0.465 e. The Labute approximate surface area is 131 Å². The van der Waals surface area contributed by atoms with Crippen LogP contribution in [0, 0.1) is 6.92 Å². The van der Waals surface area contributed by atoms with Crippen molar-refractivity contribution in [2.24, 2.45) is 0 Å². The predicted molar refractivity (Wildman–Crippen MR) is 83.3 cm³/mol. The zero-order chi connectivity index (χ0) is 16.3. The Kier molecular flexibility index (Phi) is 5.20. The van der Waals surface area contributed by atoms with Gasteiger partial charge in [-0.1, -0.05) is 6.07 Å². The van der Waals surface area contributed by atoms with E-state index in [0.717, 1.165) is 19.4 Å². The molecular weight excluding hydrogens is 304 g/mol. The fraction of sp³-hybridized carbons (Fsp3) is 0.533. The van der Waals surface area contributed by atoms with Gasteiger partial charge in [-0.2, -0.15) is 0 Å². The van der Waals surface area contributed by atoms with E-state index in [9.17, 15) is 13.2 Å². The van der Waals surface area contributed by atoms with Crippen molar-refractivity contribution in [1.29, 1.82) is 0 Å². The highest BCUT2D eigenvalue weighted by Crippen LogP contribution is 2.21. The minimum absolute atomic E-state index is 0.0765. The number of hydrogen-bond acceptors (Lipinski definition) is 5. The molecule has 2 rings (SSSR count). The maximum Gasteiger partial charge on any atom is 0.338 e. The minimum atomic E-state index is -3.69. The van der Waals surface area contributed by atoms with Gasteiger partial charge in [-0.3, -0.25) is 0 Å². The average Bonchev–Trinajstić information content (AvgIpc) is 2.48. The first-order valence-corrected chi connectivity index (χ1v) is 8.79. The number of rotatable bonds is 4. The number of esters is 1. The van der Waals surface area contributed by atoms with E-state index < -0.39 is 16.0 Å². The molecule has 1 aliphatic rings. The molecule has 0 aliphatic carbocycles. The quantitative estimate of drug-likeness (QED) is 0.812. The molecule has 0 amide bonds. The Bertz CT molecular complexity index is 658. The predicted octanol–water partition coefficient (Wildman–Crippen LogP) is 1.20. The topological polar surface area (TPSA) is 84.5 Å². The van der Waals surface area contributed by atoms with Crippen LogP contribution in [0.3, 0.4) is 0 Å². The van der Waals surface area contributed by atoms with Crippen LogP contribution in [0.15, 0.2) is 23.1 Å². The number of piperidine rings is 1. The summed E-state index contributed by atoms with van der Waals surface area (Å²) >= 11 is 0. The van der Waals surface area contributed by atoms with Gasteiger partial charge in [0.1, 0.15) is 0 Å². The van der Waals surface area contributed by atoms with Crippen LogP contribution in [-0.2, 0) is 14.8 Å². The van der Waals surface area contributed by atoms with Gasteiger partial charge in [-0.15, -0.1) is 0 Å². The zero-order valence-corrected chi connectivity index (χ0v) is 13.9. The summed E-state index contributed by atoms with van der Waals surface area (Å²) in [6, 6.07) is 4.54. The molecule has 1 aromatic carbocycles. The van der Waals surface area contributed by atoms with Crippen LogP contribution in [0.5, 0.6) is 0 Å². The molecule has 122 valence electrons. The second-order valence-corrected chi connectivity index (χ2v) is 7.22. The Balaban J connectivity index is 2.31. The van der Waals surface area contributed by atoms with E-state index in [-0.39, 0.29) is 22.5 Å². The van der Waals surface area contributed by atoms with Crippen LogP contribution in [0.4, 0.5) is 0 Å². The SMILES string of the molecule is COC(=O)c1cccc(S(=O)(=O)NC2CCCNC2C)c1C. The summed E-state index contributed by atoms with van der Waals surface area (Å²) < 4.78 is 32.7. The number of nitrogens with one attached hydrogen (secondary N) is 2. The first-order valence-electron chi connectivity index (χ1n) is 7.30. The van der Waals surface area contributed by atoms with Gasteiger partial charge in [-0.05, 0) is 50.9 Å². The maximum absolute atomic E-state index is 12.6. The van der Waals surface area contributed by atoms with Gasteiger partial charge in [0.05, 0.1) is 17.6 Å². The molecule has 0 spiro atoms. The van der Waals surface area contributed by atoms with Crippen molar-refractivity contribution in [1.82, 2.24) is 10.0 Å². The van der Waals surface area contributed by atoms with Gasteiger partial charge < -0.3 is 10.1 Å². The van der Waals surface area contributed by atoms with E-state index >= 15 is 0 Å². The van der Waals surface area contributed by atoms with Crippen molar-refractivity contribution < 1.29 is 17.9 Å². The summed E-state index contributed by atoms with van der Waals surface area (Å²) in [4.78, 5) is 11.8. The zero-order valence-electron chi connectivity index (χ0n) is 13.0. The average molecular weight is 326 g/mol. The lowest BCUT2D eigenvalue weighted by Crippen LogP contribution is -2.51. The third-order valence-electron chi connectivity index (χ3n) is 4.05. The molecule has 1 saturated heterocycles. The van der Waals surface area contributed by atoms with Crippen LogP contribution in [-0.4, -0.2) is 40.1 Å². The van der Waals surface area contributed by atoms with Crippen molar-refractivity contribution in [2.45, 2.75) is 43.7 Å². The number of carbonyl (C=O) groups is 1. The number of carbonyl (C=O) groups excluding carboxylic acids is 1. The van der Waals surface area contributed by atoms with Gasteiger partial charge >= 0.3 is 5.97 Å². The molecule has 1 aliphatic heterocycles. The summed E-state index contributed by atoms with van der Waals surface area (Å²) in [5, 5.41) is 3.26.